The zero-order valence-electron chi connectivity index (χ0n) is 8.99. The molecule has 2 N–H and O–H groups in total. The standard InChI is InChI=1S/C13H14N2O/c16-13-14-8-11(15-13)7-10-6-5-9-3-1-2-4-12(9)10/h1-4,8,10H,5-7H2,(H2,14,15,16). The molecule has 0 aliphatic heterocycles. The first-order chi connectivity index (χ1) is 7.83. The Morgan fingerprint density at radius 1 is 1.31 bits per heavy atom. The van der Waals surface area contributed by atoms with Crippen LogP contribution in [0.15, 0.2) is 35.3 Å². The minimum atomic E-state index is -0.110. The summed E-state index contributed by atoms with van der Waals surface area (Å²) in [5, 5.41) is 0. The van der Waals surface area contributed by atoms with Crippen molar-refractivity contribution in [2.24, 2.45) is 0 Å². The number of benzene rings is 1. The summed E-state index contributed by atoms with van der Waals surface area (Å²) >= 11 is 0. The van der Waals surface area contributed by atoms with Gasteiger partial charge < -0.3 is 9.97 Å². The van der Waals surface area contributed by atoms with Crippen molar-refractivity contribution >= 4 is 0 Å². The van der Waals surface area contributed by atoms with Crippen LogP contribution in [0.25, 0.3) is 0 Å². The van der Waals surface area contributed by atoms with E-state index >= 15 is 0 Å². The number of rotatable bonds is 2. The lowest BCUT2D eigenvalue weighted by atomic mass is 9.97. The molecule has 0 saturated heterocycles. The van der Waals surface area contributed by atoms with Gasteiger partial charge in [-0.2, -0.15) is 0 Å². The molecule has 0 radical (unpaired) electrons. The van der Waals surface area contributed by atoms with E-state index in [1.807, 2.05) is 0 Å². The lowest BCUT2D eigenvalue weighted by Crippen LogP contribution is -2.03. The molecule has 1 aliphatic carbocycles. The molecule has 1 aromatic heterocycles. The topological polar surface area (TPSA) is 48.6 Å². The number of H-pyrrole nitrogens is 2. The van der Waals surface area contributed by atoms with Gasteiger partial charge in [0, 0.05) is 11.9 Å². The van der Waals surface area contributed by atoms with E-state index in [1.165, 1.54) is 17.5 Å². The number of aromatic amines is 2. The average Bonchev–Trinajstić information content (AvgIpc) is 2.87. The number of fused-ring (bicyclic) bond motifs is 1. The van der Waals surface area contributed by atoms with Gasteiger partial charge in [0.1, 0.15) is 0 Å². The van der Waals surface area contributed by atoms with Gasteiger partial charge in [-0.1, -0.05) is 24.3 Å². The van der Waals surface area contributed by atoms with E-state index in [1.54, 1.807) is 6.20 Å². The Morgan fingerprint density at radius 3 is 3.00 bits per heavy atom. The maximum atomic E-state index is 11.0. The third kappa shape index (κ3) is 1.58. The van der Waals surface area contributed by atoms with Crippen molar-refractivity contribution < 1.29 is 0 Å². The van der Waals surface area contributed by atoms with Crippen molar-refractivity contribution in [1.29, 1.82) is 0 Å². The Kier molecular flexibility index (Phi) is 2.17. The van der Waals surface area contributed by atoms with Crippen molar-refractivity contribution in [1.82, 2.24) is 9.97 Å². The van der Waals surface area contributed by atoms with E-state index in [2.05, 4.69) is 34.2 Å². The van der Waals surface area contributed by atoms with Crippen molar-refractivity contribution in [2.45, 2.75) is 25.2 Å². The molecular weight excluding hydrogens is 200 g/mol. The Labute approximate surface area is 93.5 Å². The number of aryl methyl sites for hydroxylation is 1. The zero-order chi connectivity index (χ0) is 11.0. The van der Waals surface area contributed by atoms with Gasteiger partial charge in [-0.15, -0.1) is 0 Å². The lowest BCUT2D eigenvalue weighted by Gasteiger charge is -2.09. The van der Waals surface area contributed by atoms with Crippen LogP contribution in [0.2, 0.25) is 0 Å². The van der Waals surface area contributed by atoms with Crippen LogP contribution in [0.4, 0.5) is 0 Å². The Balaban J connectivity index is 1.86. The maximum absolute atomic E-state index is 11.0. The second-order valence-corrected chi connectivity index (χ2v) is 4.41. The first kappa shape index (κ1) is 9.46. The number of nitrogens with one attached hydrogen (secondary N) is 2. The highest BCUT2D eigenvalue weighted by atomic mass is 16.1. The Bertz CT molecular complexity index is 553. The van der Waals surface area contributed by atoms with E-state index in [9.17, 15) is 4.79 Å². The fourth-order valence-electron chi connectivity index (χ4n) is 2.60. The Morgan fingerprint density at radius 2 is 2.19 bits per heavy atom. The predicted molar refractivity (Wildman–Crippen MR) is 62.6 cm³/mol. The van der Waals surface area contributed by atoms with Gasteiger partial charge in [-0.3, -0.25) is 0 Å². The molecule has 3 nitrogen and oxygen atoms in total. The van der Waals surface area contributed by atoms with Crippen LogP contribution < -0.4 is 5.69 Å². The molecule has 3 heteroatoms. The first-order valence-corrected chi connectivity index (χ1v) is 5.67. The van der Waals surface area contributed by atoms with Crippen LogP contribution in [0.1, 0.15) is 29.2 Å². The number of imidazole rings is 1. The minimum absolute atomic E-state index is 0.110. The second-order valence-electron chi connectivity index (χ2n) is 4.41. The van der Waals surface area contributed by atoms with Crippen LogP contribution in [-0.2, 0) is 12.8 Å². The van der Waals surface area contributed by atoms with Crippen LogP contribution in [0, 0.1) is 0 Å². The molecule has 16 heavy (non-hydrogen) atoms. The molecule has 1 atom stereocenters. The normalized spacial score (nSPS) is 18.6. The van der Waals surface area contributed by atoms with E-state index in [-0.39, 0.29) is 5.69 Å². The lowest BCUT2D eigenvalue weighted by molar-refractivity contribution is 0.665. The third-order valence-corrected chi connectivity index (χ3v) is 3.37. The van der Waals surface area contributed by atoms with Crippen molar-refractivity contribution in [3.05, 3.63) is 57.8 Å². The highest BCUT2D eigenvalue weighted by Crippen LogP contribution is 2.34. The summed E-state index contributed by atoms with van der Waals surface area (Å²) in [4.78, 5) is 16.5. The first-order valence-electron chi connectivity index (χ1n) is 5.67. The predicted octanol–water partition coefficient (Wildman–Crippen LogP) is 1.98. The van der Waals surface area contributed by atoms with E-state index in [0.717, 1.165) is 18.5 Å². The smallest absolute Gasteiger partial charge is 0.313 e. The monoisotopic (exact) mass is 214 g/mol. The molecule has 0 amide bonds. The van der Waals surface area contributed by atoms with Gasteiger partial charge in [-0.05, 0) is 36.3 Å². The molecule has 3 rings (SSSR count). The molecule has 1 heterocycles. The van der Waals surface area contributed by atoms with Crippen LogP contribution in [0.3, 0.4) is 0 Å². The van der Waals surface area contributed by atoms with E-state index in [0.29, 0.717) is 5.92 Å². The molecule has 0 saturated carbocycles. The maximum Gasteiger partial charge on any atom is 0.323 e. The summed E-state index contributed by atoms with van der Waals surface area (Å²) < 4.78 is 0. The van der Waals surface area contributed by atoms with Crippen molar-refractivity contribution in [3.63, 3.8) is 0 Å². The van der Waals surface area contributed by atoms with Gasteiger partial charge >= 0.3 is 5.69 Å². The van der Waals surface area contributed by atoms with E-state index in [4.69, 9.17) is 0 Å². The fraction of sp³-hybridized carbons (Fsp3) is 0.308. The fourth-order valence-corrected chi connectivity index (χ4v) is 2.60. The minimum Gasteiger partial charge on any atom is -0.313 e. The number of hydrogen-bond donors (Lipinski definition) is 2. The number of aromatic nitrogens is 2. The molecule has 1 aromatic carbocycles. The molecule has 1 aliphatic rings. The van der Waals surface area contributed by atoms with Crippen molar-refractivity contribution in [3.8, 4) is 0 Å². The van der Waals surface area contributed by atoms with Gasteiger partial charge in [-0.25, -0.2) is 4.79 Å². The molecule has 1 unspecified atom stereocenters. The quantitative estimate of drug-likeness (QED) is 0.789. The molecule has 0 spiro atoms. The molecular formula is C13H14N2O. The van der Waals surface area contributed by atoms with Crippen LogP contribution in [0.5, 0.6) is 0 Å². The van der Waals surface area contributed by atoms with Gasteiger partial charge in [0.25, 0.3) is 0 Å². The molecule has 0 bridgehead atoms. The molecule has 0 fully saturated rings. The highest BCUT2D eigenvalue weighted by molar-refractivity contribution is 5.35. The second kappa shape index (κ2) is 3.67. The van der Waals surface area contributed by atoms with Gasteiger partial charge in [0.2, 0.25) is 0 Å². The summed E-state index contributed by atoms with van der Waals surface area (Å²) in [5.74, 6) is 0.558. The van der Waals surface area contributed by atoms with Crippen LogP contribution in [-0.4, -0.2) is 9.97 Å². The van der Waals surface area contributed by atoms with Crippen molar-refractivity contribution in [2.75, 3.05) is 0 Å². The highest BCUT2D eigenvalue weighted by Gasteiger charge is 2.22. The SMILES string of the molecule is O=c1[nH]cc(CC2CCc3ccccc32)[nH]1. The van der Waals surface area contributed by atoms with Gasteiger partial charge in [0.05, 0.1) is 0 Å². The van der Waals surface area contributed by atoms with Crippen LogP contribution >= 0.6 is 0 Å². The van der Waals surface area contributed by atoms with E-state index < -0.39 is 0 Å². The zero-order valence-corrected chi connectivity index (χ0v) is 8.99. The largest absolute Gasteiger partial charge is 0.323 e. The number of hydrogen-bond acceptors (Lipinski definition) is 1. The average molecular weight is 214 g/mol. The van der Waals surface area contributed by atoms with Gasteiger partial charge in [0.15, 0.2) is 0 Å². The summed E-state index contributed by atoms with van der Waals surface area (Å²) in [6, 6.07) is 8.60. The summed E-state index contributed by atoms with van der Waals surface area (Å²) in [6.45, 7) is 0. The Hall–Kier alpha value is -1.77. The third-order valence-electron chi connectivity index (χ3n) is 3.37. The summed E-state index contributed by atoms with van der Waals surface area (Å²) in [6.07, 6.45) is 5.06. The molecule has 82 valence electrons. The summed E-state index contributed by atoms with van der Waals surface area (Å²) in [7, 11) is 0. The summed E-state index contributed by atoms with van der Waals surface area (Å²) in [5.41, 5.74) is 3.81. The molecule has 2 aromatic rings.